The molecule has 0 aromatic rings. The Hall–Kier alpha value is -0.500. The summed E-state index contributed by atoms with van der Waals surface area (Å²) in [6.45, 7) is 10.4. The number of rotatable bonds is 2. The Kier molecular flexibility index (Phi) is 5.80. The van der Waals surface area contributed by atoms with Crippen LogP contribution in [0, 0.1) is 44.3 Å². The molecule has 4 fully saturated rings. The van der Waals surface area contributed by atoms with Gasteiger partial charge in [-0.1, -0.05) is 40.7 Å². The van der Waals surface area contributed by atoms with E-state index in [0.717, 1.165) is 44.1 Å². The van der Waals surface area contributed by atoms with Gasteiger partial charge in [0.25, 0.3) is 0 Å². The minimum absolute atomic E-state index is 0.0920. The third-order valence-corrected chi connectivity index (χ3v) is 13.0. The zero-order valence-electron chi connectivity index (χ0n) is 22.3. The molecule has 6 N–H and O–H groups in total. The van der Waals surface area contributed by atoms with E-state index in [1.54, 1.807) is 0 Å². The van der Waals surface area contributed by atoms with Crippen molar-refractivity contribution in [2.24, 2.45) is 44.3 Å². The molecule has 0 aliphatic heterocycles. The van der Waals surface area contributed by atoms with Crippen LogP contribution in [0.25, 0.3) is 0 Å². The molecule has 6 heteroatoms. The van der Waals surface area contributed by atoms with Gasteiger partial charge < -0.3 is 30.6 Å². The second-order valence-corrected chi connectivity index (χ2v) is 14.7. The van der Waals surface area contributed by atoms with E-state index in [1.807, 2.05) is 0 Å². The molecule has 0 amide bonds. The van der Waals surface area contributed by atoms with E-state index < -0.39 is 29.8 Å². The van der Waals surface area contributed by atoms with Gasteiger partial charge in [0.2, 0.25) is 0 Å². The van der Waals surface area contributed by atoms with Gasteiger partial charge in [-0.25, -0.2) is 0 Å². The first-order chi connectivity index (χ1) is 16.2. The van der Waals surface area contributed by atoms with Crippen molar-refractivity contribution < 1.29 is 30.6 Å². The second-order valence-electron chi connectivity index (χ2n) is 14.7. The minimum atomic E-state index is -1.14. The van der Waals surface area contributed by atoms with Crippen molar-refractivity contribution in [3.05, 3.63) is 11.6 Å². The van der Waals surface area contributed by atoms with Crippen LogP contribution >= 0.6 is 0 Å². The fraction of sp³-hybridized carbons (Fsp3) is 0.931. The largest absolute Gasteiger partial charge is 0.396 e. The van der Waals surface area contributed by atoms with Crippen LogP contribution in [-0.2, 0) is 0 Å². The normalized spacial score (nSPS) is 54.5. The van der Waals surface area contributed by atoms with Crippen molar-refractivity contribution in [1.29, 1.82) is 0 Å². The Balaban J connectivity index is 1.56. The summed E-state index contributed by atoms with van der Waals surface area (Å²) < 4.78 is 0. The van der Waals surface area contributed by atoms with E-state index in [9.17, 15) is 30.6 Å². The molecule has 0 radical (unpaired) electrons. The van der Waals surface area contributed by atoms with Crippen molar-refractivity contribution in [2.75, 3.05) is 13.2 Å². The summed E-state index contributed by atoms with van der Waals surface area (Å²) >= 11 is 0. The summed E-state index contributed by atoms with van der Waals surface area (Å²) in [6, 6.07) is 0. The molecule has 5 rings (SSSR count). The fourth-order valence-electron chi connectivity index (χ4n) is 10.7. The molecule has 5 aliphatic rings. The Morgan fingerprint density at radius 1 is 0.857 bits per heavy atom. The minimum Gasteiger partial charge on any atom is -0.396 e. The Morgan fingerprint density at radius 3 is 2.09 bits per heavy atom. The Bertz CT molecular complexity index is 896. The number of fused-ring (bicyclic) bond motifs is 5. The van der Waals surface area contributed by atoms with Crippen molar-refractivity contribution >= 4 is 0 Å². The smallest absolute Gasteiger partial charge is 0.0902 e. The third-order valence-electron chi connectivity index (χ3n) is 13.0. The highest BCUT2D eigenvalue weighted by atomic mass is 16.3. The van der Waals surface area contributed by atoms with E-state index >= 15 is 0 Å². The van der Waals surface area contributed by atoms with E-state index in [0.29, 0.717) is 12.8 Å². The van der Waals surface area contributed by atoms with Gasteiger partial charge in [-0.15, -0.1) is 0 Å². The van der Waals surface area contributed by atoms with Gasteiger partial charge in [0.15, 0.2) is 0 Å². The topological polar surface area (TPSA) is 121 Å². The zero-order chi connectivity index (χ0) is 25.8. The average molecular weight is 493 g/mol. The molecule has 5 aliphatic carbocycles. The quantitative estimate of drug-likeness (QED) is 0.330. The molecule has 200 valence electrons. The molecule has 0 saturated heterocycles. The van der Waals surface area contributed by atoms with Gasteiger partial charge in [-0.2, -0.15) is 0 Å². The van der Waals surface area contributed by atoms with Gasteiger partial charge in [0, 0.05) is 10.8 Å². The maximum Gasteiger partial charge on any atom is 0.0902 e. The lowest BCUT2D eigenvalue weighted by molar-refractivity contribution is -0.257. The predicted octanol–water partition coefficient (Wildman–Crippen LogP) is 2.78. The van der Waals surface area contributed by atoms with Crippen molar-refractivity contribution in [3.8, 4) is 0 Å². The first-order valence-corrected chi connectivity index (χ1v) is 13.8. The molecule has 10 atom stereocenters. The number of hydrogen-bond acceptors (Lipinski definition) is 6. The number of aliphatic hydroxyl groups is 6. The molecule has 4 saturated carbocycles. The van der Waals surface area contributed by atoms with Crippen molar-refractivity contribution in [2.45, 2.75) is 110 Å². The average Bonchev–Trinajstić information content (AvgIpc) is 3.03. The second kappa shape index (κ2) is 7.77. The molecular formula is C29H48O6. The highest BCUT2D eigenvalue weighted by molar-refractivity contribution is 5.35. The monoisotopic (exact) mass is 492 g/mol. The van der Waals surface area contributed by atoms with Gasteiger partial charge >= 0.3 is 0 Å². The van der Waals surface area contributed by atoms with E-state index in [2.05, 4.69) is 40.7 Å². The maximum atomic E-state index is 11.9. The van der Waals surface area contributed by atoms with Crippen molar-refractivity contribution in [1.82, 2.24) is 0 Å². The highest BCUT2D eigenvalue weighted by Crippen LogP contribution is 2.74. The van der Waals surface area contributed by atoms with Gasteiger partial charge in [0.1, 0.15) is 0 Å². The highest BCUT2D eigenvalue weighted by Gasteiger charge is 2.70. The molecule has 35 heavy (non-hydrogen) atoms. The third kappa shape index (κ3) is 3.04. The van der Waals surface area contributed by atoms with Gasteiger partial charge in [-0.3, -0.25) is 0 Å². The number of hydrogen-bond donors (Lipinski definition) is 6. The van der Waals surface area contributed by atoms with E-state index in [4.69, 9.17) is 0 Å². The predicted molar refractivity (Wildman–Crippen MR) is 133 cm³/mol. The standard InChI is InChI=1S/C29H48O6/c1-24(2)14-28(13-21(24)33)11-10-26(4)17(22(28)34)6-7-19-25(3)12-18(32)23(35)29(15-30,16-31)20(25)8-9-27(19,26)5/h6,18-23,30-35H,7-16H2,1-5H3/t18-,19?,20?,21?,22-,23?,25-,26-,27-,28-/m1/s1. The summed E-state index contributed by atoms with van der Waals surface area (Å²) in [6.07, 6.45) is 5.40. The van der Waals surface area contributed by atoms with Crippen LogP contribution in [0.2, 0.25) is 0 Å². The van der Waals surface area contributed by atoms with Gasteiger partial charge in [-0.05, 0) is 90.4 Å². The lowest BCUT2D eigenvalue weighted by atomic mass is 9.34. The van der Waals surface area contributed by atoms with Crippen LogP contribution in [0.5, 0.6) is 0 Å². The lowest BCUT2D eigenvalue weighted by Gasteiger charge is -2.71. The van der Waals surface area contributed by atoms with E-state index in [-0.39, 0.29) is 52.1 Å². The zero-order valence-corrected chi connectivity index (χ0v) is 22.3. The summed E-state index contributed by atoms with van der Waals surface area (Å²) in [7, 11) is 0. The Morgan fingerprint density at radius 2 is 1.51 bits per heavy atom. The summed E-state index contributed by atoms with van der Waals surface area (Å²) in [5.74, 6) is 0.111. The number of aliphatic hydroxyl groups excluding tert-OH is 6. The number of allylic oxidation sites excluding steroid dienone is 1. The summed E-state index contributed by atoms with van der Waals surface area (Å²) in [5, 5.41) is 65.3. The molecule has 0 bridgehead atoms. The van der Waals surface area contributed by atoms with Crippen LogP contribution in [0.15, 0.2) is 11.6 Å². The molecule has 1 spiro atoms. The fourth-order valence-corrected chi connectivity index (χ4v) is 10.7. The first-order valence-electron chi connectivity index (χ1n) is 13.8. The lowest BCUT2D eigenvalue weighted by Crippen LogP contribution is -2.69. The first kappa shape index (κ1) is 26.1. The maximum absolute atomic E-state index is 11.9. The SMILES string of the molecule is CC1(C)C[C@@]2(CC[C@]3(C)C(=CCC4[C@@]5(C)C[C@@H](O)C(O)C(CO)(CO)C5CC[C@]43C)[C@H]2O)CC1O. The summed E-state index contributed by atoms with van der Waals surface area (Å²) in [4.78, 5) is 0. The van der Waals surface area contributed by atoms with Crippen LogP contribution in [-0.4, -0.2) is 68.3 Å². The Labute approximate surface area is 210 Å². The molecular weight excluding hydrogens is 444 g/mol. The summed E-state index contributed by atoms with van der Waals surface area (Å²) in [5.41, 5.74) is -1.11. The van der Waals surface area contributed by atoms with Crippen molar-refractivity contribution in [3.63, 3.8) is 0 Å². The van der Waals surface area contributed by atoms with Crippen LogP contribution in [0.3, 0.4) is 0 Å². The van der Waals surface area contributed by atoms with Crippen LogP contribution < -0.4 is 0 Å². The van der Waals surface area contributed by atoms with Crippen LogP contribution in [0.4, 0.5) is 0 Å². The van der Waals surface area contributed by atoms with Crippen LogP contribution in [0.1, 0.15) is 86.0 Å². The molecule has 4 unspecified atom stereocenters. The molecule has 6 nitrogen and oxygen atoms in total. The molecule has 0 aromatic carbocycles. The molecule has 0 aromatic heterocycles. The van der Waals surface area contributed by atoms with Gasteiger partial charge in [0.05, 0.1) is 37.6 Å². The molecule has 0 heterocycles. The van der Waals surface area contributed by atoms with E-state index in [1.165, 1.54) is 0 Å².